The molecule has 1 heterocycles. The average molecular weight is 399 g/mol. The fourth-order valence-electron chi connectivity index (χ4n) is 2.27. The number of nitrogens with one attached hydrogen (secondary N) is 1. The average Bonchev–Trinajstić information content (AvgIpc) is 3.17. The standard InChI is InChI=1S/C17H22N2O5S2/c1-19(26(21,22)17-7-5-11-25-17)10-4-6-16(20)18-14-12-13(23-2)8-9-15(14)24-3/h5,7-9,11-12H,4,6,10H2,1-3H3,(H,18,20). The van der Waals surface area contributed by atoms with Crippen LogP contribution >= 0.6 is 11.3 Å². The van der Waals surface area contributed by atoms with Gasteiger partial charge in [-0.25, -0.2) is 12.7 Å². The molecular weight excluding hydrogens is 376 g/mol. The topological polar surface area (TPSA) is 84.9 Å². The molecule has 9 heteroatoms. The van der Waals surface area contributed by atoms with Gasteiger partial charge in [0, 0.05) is 26.1 Å². The van der Waals surface area contributed by atoms with Crippen LogP contribution in [-0.4, -0.2) is 46.4 Å². The molecular formula is C17H22N2O5S2. The summed E-state index contributed by atoms with van der Waals surface area (Å²) in [7, 11) is 1.08. The Balaban J connectivity index is 1.89. The largest absolute Gasteiger partial charge is 0.497 e. The van der Waals surface area contributed by atoms with Crippen molar-refractivity contribution < 1.29 is 22.7 Å². The molecule has 0 aliphatic rings. The fraction of sp³-hybridized carbons (Fsp3) is 0.353. The second-order valence-corrected chi connectivity index (χ2v) is 8.70. The van der Waals surface area contributed by atoms with E-state index in [1.54, 1.807) is 35.7 Å². The molecule has 0 bridgehead atoms. The van der Waals surface area contributed by atoms with Gasteiger partial charge in [-0.1, -0.05) is 6.07 Å². The van der Waals surface area contributed by atoms with Crippen molar-refractivity contribution in [3.8, 4) is 11.5 Å². The van der Waals surface area contributed by atoms with Gasteiger partial charge in [0.25, 0.3) is 10.0 Å². The van der Waals surface area contributed by atoms with E-state index in [4.69, 9.17) is 9.47 Å². The molecule has 7 nitrogen and oxygen atoms in total. The smallest absolute Gasteiger partial charge is 0.252 e. The molecule has 1 aromatic carbocycles. The van der Waals surface area contributed by atoms with Crippen LogP contribution in [0.4, 0.5) is 5.69 Å². The summed E-state index contributed by atoms with van der Waals surface area (Å²) in [6.45, 7) is 0.253. The molecule has 1 aromatic heterocycles. The van der Waals surface area contributed by atoms with E-state index in [2.05, 4.69) is 5.32 Å². The Labute approximate surface area is 157 Å². The van der Waals surface area contributed by atoms with Crippen LogP contribution in [0, 0.1) is 0 Å². The molecule has 0 saturated carbocycles. The first-order valence-electron chi connectivity index (χ1n) is 7.90. The number of rotatable bonds is 9. The third-order valence-corrected chi connectivity index (χ3v) is 6.95. The second kappa shape index (κ2) is 9.02. The van der Waals surface area contributed by atoms with E-state index in [-0.39, 0.29) is 18.9 Å². The maximum atomic E-state index is 12.3. The number of methoxy groups -OCH3 is 2. The number of thiophene rings is 1. The minimum Gasteiger partial charge on any atom is -0.497 e. The lowest BCUT2D eigenvalue weighted by Crippen LogP contribution is -2.28. The van der Waals surface area contributed by atoms with Crippen molar-refractivity contribution in [2.75, 3.05) is 33.1 Å². The minimum absolute atomic E-state index is 0.185. The van der Waals surface area contributed by atoms with Crippen LogP contribution in [0.1, 0.15) is 12.8 Å². The predicted molar refractivity (Wildman–Crippen MR) is 102 cm³/mol. The zero-order chi connectivity index (χ0) is 19.2. The highest BCUT2D eigenvalue weighted by Crippen LogP contribution is 2.29. The van der Waals surface area contributed by atoms with E-state index >= 15 is 0 Å². The number of anilines is 1. The maximum absolute atomic E-state index is 12.3. The number of amides is 1. The van der Waals surface area contributed by atoms with Crippen molar-refractivity contribution in [3.05, 3.63) is 35.7 Å². The highest BCUT2D eigenvalue weighted by Gasteiger charge is 2.21. The first-order chi connectivity index (χ1) is 12.4. The SMILES string of the molecule is COc1ccc(OC)c(NC(=O)CCCN(C)S(=O)(=O)c2cccs2)c1. The maximum Gasteiger partial charge on any atom is 0.252 e. The monoisotopic (exact) mass is 398 g/mol. The fourth-order valence-corrected chi connectivity index (χ4v) is 4.68. The van der Waals surface area contributed by atoms with E-state index in [9.17, 15) is 13.2 Å². The molecule has 26 heavy (non-hydrogen) atoms. The summed E-state index contributed by atoms with van der Waals surface area (Å²) in [4.78, 5) is 12.2. The Morgan fingerprint density at radius 1 is 1.23 bits per heavy atom. The third-order valence-electron chi connectivity index (χ3n) is 3.72. The lowest BCUT2D eigenvalue weighted by molar-refractivity contribution is -0.116. The van der Waals surface area contributed by atoms with Crippen LogP contribution in [-0.2, 0) is 14.8 Å². The van der Waals surface area contributed by atoms with Crippen LogP contribution in [0.3, 0.4) is 0 Å². The molecule has 0 unspecified atom stereocenters. The van der Waals surface area contributed by atoms with E-state index in [0.717, 1.165) is 0 Å². The highest BCUT2D eigenvalue weighted by molar-refractivity contribution is 7.91. The van der Waals surface area contributed by atoms with Gasteiger partial charge in [-0.15, -0.1) is 11.3 Å². The number of ether oxygens (including phenoxy) is 2. The summed E-state index contributed by atoms with van der Waals surface area (Å²) < 4.78 is 36.6. The van der Waals surface area contributed by atoms with Crippen molar-refractivity contribution in [1.29, 1.82) is 0 Å². The Kier molecular flexibility index (Phi) is 7.01. The van der Waals surface area contributed by atoms with Gasteiger partial charge in [0.05, 0.1) is 19.9 Å². The number of benzene rings is 1. The van der Waals surface area contributed by atoms with E-state index in [1.807, 2.05) is 0 Å². The molecule has 0 atom stereocenters. The van der Waals surface area contributed by atoms with E-state index in [1.165, 1.54) is 36.9 Å². The summed E-state index contributed by atoms with van der Waals surface area (Å²) in [5, 5.41) is 4.48. The lowest BCUT2D eigenvalue weighted by Gasteiger charge is -2.16. The molecule has 0 spiro atoms. The Morgan fingerprint density at radius 3 is 2.62 bits per heavy atom. The van der Waals surface area contributed by atoms with Gasteiger partial charge in [0.15, 0.2) is 0 Å². The molecule has 2 rings (SSSR count). The molecule has 0 saturated heterocycles. The van der Waals surface area contributed by atoms with Gasteiger partial charge in [-0.05, 0) is 30.0 Å². The van der Waals surface area contributed by atoms with Crippen molar-refractivity contribution in [2.24, 2.45) is 0 Å². The normalized spacial score (nSPS) is 11.4. The number of carbonyl (C=O) groups excluding carboxylic acids is 1. The minimum atomic E-state index is -3.49. The number of hydrogen-bond acceptors (Lipinski definition) is 6. The van der Waals surface area contributed by atoms with Crippen molar-refractivity contribution in [3.63, 3.8) is 0 Å². The van der Waals surface area contributed by atoms with Crippen LogP contribution in [0.25, 0.3) is 0 Å². The third kappa shape index (κ3) is 4.96. The van der Waals surface area contributed by atoms with Crippen LogP contribution in [0.15, 0.2) is 39.9 Å². The van der Waals surface area contributed by atoms with E-state index in [0.29, 0.717) is 27.8 Å². The van der Waals surface area contributed by atoms with Crippen LogP contribution < -0.4 is 14.8 Å². The van der Waals surface area contributed by atoms with Gasteiger partial charge >= 0.3 is 0 Å². The summed E-state index contributed by atoms with van der Waals surface area (Å²) in [5.74, 6) is 0.901. The number of hydrogen-bond donors (Lipinski definition) is 1. The molecule has 1 amide bonds. The summed E-state index contributed by atoms with van der Waals surface area (Å²) in [6, 6.07) is 8.37. The van der Waals surface area contributed by atoms with Crippen LogP contribution in [0.5, 0.6) is 11.5 Å². The molecule has 0 radical (unpaired) electrons. The van der Waals surface area contributed by atoms with Gasteiger partial charge in [0.1, 0.15) is 15.7 Å². The van der Waals surface area contributed by atoms with Gasteiger partial charge in [-0.2, -0.15) is 0 Å². The summed E-state index contributed by atoms with van der Waals surface area (Å²) in [6.07, 6.45) is 0.587. The van der Waals surface area contributed by atoms with Crippen molar-refractivity contribution in [1.82, 2.24) is 4.31 Å². The predicted octanol–water partition coefficient (Wildman–Crippen LogP) is 2.80. The molecule has 0 aliphatic heterocycles. The molecule has 1 N–H and O–H groups in total. The van der Waals surface area contributed by atoms with Crippen LogP contribution in [0.2, 0.25) is 0 Å². The first kappa shape index (κ1) is 20.2. The second-order valence-electron chi connectivity index (χ2n) is 5.48. The van der Waals surface area contributed by atoms with Gasteiger partial charge in [0.2, 0.25) is 5.91 Å². The Hall–Kier alpha value is -2.10. The molecule has 2 aromatic rings. The zero-order valence-electron chi connectivity index (χ0n) is 14.9. The van der Waals surface area contributed by atoms with Crippen molar-refractivity contribution in [2.45, 2.75) is 17.1 Å². The lowest BCUT2D eigenvalue weighted by atomic mass is 10.2. The van der Waals surface area contributed by atoms with Gasteiger partial charge < -0.3 is 14.8 Å². The van der Waals surface area contributed by atoms with Gasteiger partial charge in [-0.3, -0.25) is 4.79 Å². The number of carbonyl (C=O) groups is 1. The number of nitrogens with zero attached hydrogens (tertiary/aromatic N) is 1. The van der Waals surface area contributed by atoms with Crippen molar-refractivity contribution >= 4 is 33.0 Å². The molecule has 142 valence electrons. The zero-order valence-corrected chi connectivity index (χ0v) is 16.5. The Bertz CT molecular complexity index is 835. The molecule has 0 fully saturated rings. The highest BCUT2D eigenvalue weighted by atomic mass is 32.2. The summed E-state index contributed by atoms with van der Waals surface area (Å²) in [5.41, 5.74) is 0.511. The Morgan fingerprint density at radius 2 is 2.00 bits per heavy atom. The molecule has 0 aliphatic carbocycles. The quantitative estimate of drug-likeness (QED) is 0.702. The summed E-state index contributed by atoms with van der Waals surface area (Å²) >= 11 is 1.17. The number of sulfonamides is 1. The van der Waals surface area contributed by atoms with E-state index < -0.39 is 10.0 Å². The first-order valence-corrected chi connectivity index (χ1v) is 10.2.